The van der Waals surface area contributed by atoms with Crippen LogP contribution in [0.4, 0.5) is 34.1 Å². The molecule has 0 N–H and O–H groups in total. The van der Waals surface area contributed by atoms with Crippen LogP contribution in [0.3, 0.4) is 0 Å². The highest BCUT2D eigenvalue weighted by molar-refractivity contribution is 7.01. The van der Waals surface area contributed by atoms with E-state index in [9.17, 15) is 5.26 Å². The van der Waals surface area contributed by atoms with Crippen LogP contribution in [-0.4, -0.2) is 13.4 Å². The molecule has 0 spiro atoms. The van der Waals surface area contributed by atoms with E-state index in [1.807, 2.05) is 24.3 Å². The van der Waals surface area contributed by atoms with E-state index in [0.717, 1.165) is 123 Å². The molecule has 5 nitrogen and oxygen atoms in total. The summed E-state index contributed by atoms with van der Waals surface area (Å²) in [6, 6.07) is 91.3. The lowest BCUT2D eigenvalue weighted by Crippen LogP contribution is -2.63. The summed E-state index contributed by atoms with van der Waals surface area (Å²) in [6.45, 7) is -0.330. The van der Waals surface area contributed by atoms with E-state index in [0.29, 0.717) is 5.56 Å². The first-order valence-electron chi connectivity index (χ1n) is 25.2. The van der Waals surface area contributed by atoms with Gasteiger partial charge in [-0.15, -0.1) is 0 Å². The number of para-hydroxylation sites is 2. The molecule has 4 aliphatic rings. The van der Waals surface area contributed by atoms with Gasteiger partial charge in [-0.3, -0.25) is 0 Å². The second-order valence-electron chi connectivity index (χ2n) is 19.5. The summed E-state index contributed by atoms with van der Waals surface area (Å²) in [6.07, 6.45) is 0. The van der Waals surface area contributed by atoms with Crippen LogP contribution in [0.2, 0.25) is 0 Å². The lowest BCUT2D eigenvalue weighted by molar-refractivity contribution is 0.464. The summed E-state index contributed by atoms with van der Waals surface area (Å²) in [5.41, 5.74) is 22.4. The molecule has 0 atom stereocenters. The smallest absolute Gasteiger partial charge is 0.260 e. The molecule has 0 radical (unpaired) electrons. The molecule has 74 heavy (non-hydrogen) atoms. The fraction of sp³-hybridized carbons (Fsp3) is 0. The number of ether oxygens (including phenoxy) is 2. The highest BCUT2D eigenvalue weighted by Gasteiger charge is 2.47. The average molecular weight is 942 g/mol. The molecule has 7 heteroatoms. The molecule has 0 aliphatic carbocycles. The largest absolute Gasteiger partial charge is 0.458 e. The van der Waals surface area contributed by atoms with E-state index in [2.05, 4.69) is 240 Å². The van der Waals surface area contributed by atoms with Gasteiger partial charge in [0.25, 0.3) is 13.4 Å². The van der Waals surface area contributed by atoms with Gasteiger partial charge in [-0.05, 0) is 151 Å². The molecule has 11 aromatic rings. The lowest BCUT2D eigenvalue weighted by Gasteiger charge is -2.45. The van der Waals surface area contributed by atoms with E-state index >= 15 is 0 Å². The van der Waals surface area contributed by atoms with E-state index < -0.39 is 0 Å². The number of anilines is 6. The Balaban J connectivity index is 1.07. The Morgan fingerprint density at radius 3 is 1.49 bits per heavy atom. The second-order valence-corrected chi connectivity index (χ2v) is 19.5. The van der Waals surface area contributed by atoms with Crippen molar-refractivity contribution in [3.63, 3.8) is 0 Å². The van der Waals surface area contributed by atoms with Gasteiger partial charge in [0, 0.05) is 39.5 Å². The molecule has 0 saturated heterocycles. The number of hydrogen-bond acceptors (Lipinski definition) is 5. The number of benzene rings is 11. The van der Waals surface area contributed by atoms with E-state index in [-0.39, 0.29) is 13.4 Å². The van der Waals surface area contributed by atoms with Crippen LogP contribution >= 0.6 is 0 Å². The highest BCUT2D eigenvalue weighted by Crippen LogP contribution is 2.50. The van der Waals surface area contributed by atoms with Crippen molar-refractivity contribution in [3.8, 4) is 73.6 Å². The van der Waals surface area contributed by atoms with Crippen LogP contribution in [0, 0.1) is 11.3 Å². The quantitative estimate of drug-likeness (QED) is 0.155. The molecule has 0 amide bonds. The molecule has 0 saturated carbocycles. The number of fused-ring (bicyclic) bond motifs is 8. The summed E-state index contributed by atoms with van der Waals surface area (Å²) < 4.78 is 13.8. The van der Waals surface area contributed by atoms with Crippen molar-refractivity contribution in [2.45, 2.75) is 0 Å². The average Bonchev–Trinajstić information content (AvgIpc) is 3.47. The van der Waals surface area contributed by atoms with Gasteiger partial charge < -0.3 is 19.3 Å². The molecule has 4 aliphatic heterocycles. The maximum Gasteiger partial charge on any atom is 0.260 e. The van der Waals surface area contributed by atoms with E-state index in [4.69, 9.17) is 9.47 Å². The predicted octanol–water partition coefficient (Wildman–Crippen LogP) is 13.0. The van der Waals surface area contributed by atoms with Gasteiger partial charge in [0.2, 0.25) is 0 Å². The van der Waals surface area contributed by atoms with Crippen LogP contribution in [0.25, 0.3) is 44.5 Å². The fourth-order valence-corrected chi connectivity index (χ4v) is 12.1. The molecule has 342 valence electrons. The summed E-state index contributed by atoms with van der Waals surface area (Å²) in [5, 5.41) is 10.4. The third-order valence-corrected chi connectivity index (χ3v) is 15.4. The van der Waals surface area contributed by atoms with Crippen LogP contribution in [-0.2, 0) is 0 Å². The lowest BCUT2D eigenvalue weighted by atomic mass is 9.31. The molecule has 0 fully saturated rings. The Kier molecular flexibility index (Phi) is 9.45. The van der Waals surface area contributed by atoms with Gasteiger partial charge in [-0.2, -0.15) is 5.26 Å². The van der Waals surface area contributed by atoms with E-state index in [1.165, 1.54) is 10.9 Å². The molecule has 0 bridgehead atoms. The standard InChI is InChI=1S/C67H41B2N3O2/c70-42-43-32-33-57(52(34-43)47-24-11-4-12-25-47)72-58-28-15-13-26-53(58)68-55-41-65-56(69-54-27-14-16-29-62(54)73-63-30-17-31-64(74-65)67(63)69)40-59(55)71(60-38-50(39-61(72)66(60)68)46-22-9-3-10-23-46)51-36-48(44-18-5-1-6-19-44)35-49(37-51)45-20-7-2-8-21-45/h1-41H. The normalized spacial score (nSPS) is 13.0. The maximum absolute atomic E-state index is 10.4. The third-order valence-electron chi connectivity index (χ3n) is 15.4. The Hall–Kier alpha value is -9.76. The molecule has 15 rings (SSSR count). The van der Waals surface area contributed by atoms with Gasteiger partial charge in [-0.25, -0.2) is 0 Å². The van der Waals surface area contributed by atoms with Crippen molar-refractivity contribution in [2.24, 2.45) is 0 Å². The molecular weight excluding hydrogens is 900 g/mol. The first kappa shape index (κ1) is 42.0. The Morgan fingerprint density at radius 1 is 0.311 bits per heavy atom. The fourth-order valence-electron chi connectivity index (χ4n) is 12.1. The van der Waals surface area contributed by atoms with Crippen molar-refractivity contribution in [1.82, 2.24) is 0 Å². The number of rotatable bonds is 6. The Bertz CT molecular complexity index is 4070. The van der Waals surface area contributed by atoms with Gasteiger partial charge in [0.15, 0.2) is 0 Å². The third kappa shape index (κ3) is 6.52. The topological polar surface area (TPSA) is 48.7 Å². The van der Waals surface area contributed by atoms with Crippen molar-refractivity contribution < 1.29 is 9.47 Å². The number of hydrogen-bond donors (Lipinski definition) is 0. The predicted molar refractivity (Wildman–Crippen MR) is 305 cm³/mol. The molecule has 0 aromatic heterocycles. The highest BCUT2D eigenvalue weighted by atomic mass is 16.5. The zero-order valence-electron chi connectivity index (χ0n) is 40.0. The van der Waals surface area contributed by atoms with Crippen LogP contribution in [0.5, 0.6) is 23.0 Å². The number of nitrogens with zero attached hydrogens (tertiary/aromatic N) is 3. The zero-order valence-corrected chi connectivity index (χ0v) is 40.0. The van der Waals surface area contributed by atoms with E-state index in [1.54, 1.807) is 0 Å². The van der Waals surface area contributed by atoms with Crippen molar-refractivity contribution in [1.29, 1.82) is 5.26 Å². The van der Waals surface area contributed by atoms with Gasteiger partial charge in [0.05, 0.1) is 17.3 Å². The molecule has 0 unspecified atom stereocenters. The minimum Gasteiger partial charge on any atom is -0.458 e. The van der Waals surface area contributed by atoms with Gasteiger partial charge in [0.1, 0.15) is 23.0 Å². The first-order chi connectivity index (χ1) is 36.6. The molecule has 11 aromatic carbocycles. The van der Waals surface area contributed by atoms with Gasteiger partial charge in [-0.1, -0.05) is 164 Å². The van der Waals surface area contributed by atoms with Crippen molar-refractivity contribution in [3.05, 3.63) is 254 Å². The Labute approximate surface area is 430 Å². The van der Waals surface area contributed by atoms with Crippen LogP contribution < -0.4 is 52.1 Å². The maximum atomic E-state index is 10.4. The van der Waals surface area contributed by atoms with Crippen molar-refractivity contribution >= 4 is 80.3 Å². The second kappa shape index (κ2) is 16.7. The summed E-state index contributed by atoms with van der Waals surface area (Å²) >= 11 is 0. The summed E-state index contributed by atoms with van der Waals surface area (Å²) in [5.74, 6) is 3.32. The molecular formula is C67H41B2N3O2. The zero-order chi connectivity index (χ0) is 48.9. The monoisotopic (exact) mass is 941 g/mol. The van der Waals surface area contributed by atoms with Gasteiger partial charge >= 0.3 is 0 Å². The molecule has 4 heterocycles. The van der Waals surface area contributed by atoms with Crippen LogP contribution in [0.15, 0.2) is 249 Å². The first-order valence-corrected chi connectivity index (χ1v) is 25.2. The SMILES string of the molecule is N#Cc1ccc(N2c3ccccc3B3c4cc5c(cc4N(c4cc(-c6ccccc6)cc(-c6ccccc6)c4)c4cc(-c6ccccc6)cc2c43)B2c3ccccc3Oc3cccc(c32)O5)c(-c2ccccc2)c1. The summed E-state index contributed by atoms with van der Waals surface area (Å²) in [7, 11) is 0. The van der Waals surface area contributed by atoms with Crippen LogP contribution in [0.1, 0.15) is 5.56 Å². The minimum absolute atomic E-state index is 0.132. The number of nitriles is 1. The minimum atomic E-state index is -0.198. The summed E-state index contributed by atoms with van der Waals surface area (Å²) in [4.78, 5) is 4.98. The Morgan fingerprint density at radius 2 is 0.838 bits per heavy atom. The van der Waals surface area contributed by atoms with Crippen molar-refractivity contribution in [2.75, 3.05) is 9.80 Å².